The van der Waals surface area contributed by atoms with E-state index in [1.807, 2.05) is 13.1 Å². The third-order valence-corrected chi connectivity index (χ3v) is 3.72. The largest absolute Gasteiger partial charge is 0.374 e. The van der Waals surface area contributed by atoms with Gasteiger partial charge in [-0.25, -0.2) is 0 Å². The van der Waals surface area contributed by atoms with Gasteiger partial charge in [0.1, 0.15) is 0 Å². The Hall–Kier alpha value is -1.50. The fourth-order valence-electron chi connectivity index (χ4n) is 2.37. The minimum Gasteiger partial charge on any atom is -0.374 e. The number of nitrogens with zero attached hydrogens (tertiary/aromatic N) is 2. The van der Waals surface area contributed by atoms with Crippen molar-refractivity contribution in [2.75, 3.05) is 33.3 Å². The Labute approximate surface area is 118 Å². The van der Waals surface area contributed by atoms with Crippen LogP contribution in [0.2, 0.25) is 0 Å². The number of non-ortho nitro benzene ring substituents is 1. The topological polar surface area (TPSA) is 67.6 Å². The SMILES string of the molecule is CC(c1cccc([N+](=O)[O-])c1)N(C)CC1CNCCO1. The molecule has 6 nitrogen and oxygen atoms in total. The van der Waals surface area contributed by atoms with E-state index < -0.39 is 0 Å². The first kappa shape index (κ1) is 14.9. The molecule has 1 aromatic carbocycles. The van der Waals surface area contributed by atoms with Crippen LogP contribution < -0.4 is 5.32 Å². The van der Waals surface area contributed by atoms with Crippen molar-refractivity contribution in [1.82, 2.24) is 10.2 Å². The van der Waals surface area contributed by atoms with Gasteiger partial charge in [-0.3, -0.25) is 15.0 Å². The number of benzene rings is 1. The van der Waals surface area contributed by atoms with Gasteiger partial charge >= 0.3 is 0 Å². The highest BCUT2D eigenvalue weighted by molar-refractivity contribution is 5.35. The Bertz CT molecular complexity index is 461. The molecule has 0 bridgehead atoms. The number of morpholine rings is 1. The summed E-state index contributed by atoms with van der Waals surface area (Å²) in [6.45, 7) is 5.35. The number of hydrogen-bond acceptors (Lipinski definition) is 5. The van der Waals surface area contributed by atoms with Crippen LogP contribution in [0, 0.1) is 10.1 Å². The van der Waals surface area contributed by atoms with Crippen LogP contribution in [-0.2, 0) is 4.74 Å². The second-order valence-corrected chi connectivity index (χ2v) is 5.16. The van der Waals surface area contributed by atoms with Crippen LogP contribution in [0.25, 0.3) is 0 Å². The van der Waals surface area contributed by atoms with E-state index in [4.69, 9.17) is 4.74 Å². The third kappa shape index (κ3) is 3.75. The summed E-state index contributed by atoms with van der Waals surface area (Å²) in [5.74, 6) is 0. The van der Waals surface area contributed by atoms with Crippen molar-refractivity contribution in [1.29, 1.82) is 0 Å². The summed E-state index contributed by atoms with van der Waals surface area (Å²) in [5.41, 5.74) is 1.09. The molecule has 20 heavy (non-hydrogen) atoms. The molecule has 1 fully saturated rings. The summed E-state index contributed by atoms with van der Waals surface area (Å²) in [7, 11) is 2.02. The van der Waals surface area contributed by atoms with Crippen LogP contribution in [-0.4, -0.2) is 49.2 Å². The number of rotatable bonds is 5. The first-order valence-electron chi connectivity index (χ1n) is 6.85. The second kappa shape index (κ2) is 6.78. The smallest absolute Gasteiger partial charge is 0.269 e. The number of likely N-dealkylation sites (N-methyl/N-ethyl adjacent to an activating group) is 1. The highest BCUT2D eigenvalue weighted by atomic mass is 16.6. The molecular weight excluding hydrogens is 258 g/mol. The fourth-order valence-corrected chi connectivity index (χ4v) is 2.37. The van der Waals surface area contributed by atoms with Gasteiger partial charge in [0, 0.05) is 37.8 Å². The average Bonchev–Trinajstić information content (AvgIpc) is 2.47. The molecule has 0 radical (unpaired) electrons. The van der Waals surface area contributed by atoms with Gasteiger partial charge < -0.3 is 10.1 Å². The molecule has 2 atom stereocenters. The maximum Gasteiger partial charge on any atom is 0.269 e. The van der Waals surface area contributed by atoms with Crippen molar-refractivity contribution in [3.05, 3.63) is 39.9 Å². The maximum atomic E-state index is 10.8. The zero-order chi connectivity index (χ0) is 14.5. The van der Waals surface area contributed by atoms with Crippen LogP contribution >= 0.6 is 0 Å². The fraction of sp³-hybridized carbons (Fsp3) is 0.571. The molecule has 1 aliphatic heterocycles. The molecule has 6 heteroatoms. The van der Waals surface area contributed by atoms with Crippen molar-refractivity contribution in [2.45, 2.75) is 19.1 Å². The van der Waals surface area contributed by atoms with Crippen molar-refractivity contribution >= 4 is 5.69 Å². The van der Waals surface area contributed by atoms with Crippen LogP contribution in [0.4, 0.5) is 5.69 Å². The standard InChI is InChI=1S/C14H21N3O3/c1-11(12-4-3-5-13(8-12)17(18)19)16(2)10-14-9-15-6-7-20-14/h3-5,8,11,14-15H,6-7,9-10H2,1-2H3. The lowest BCUT2D eigenvalue weighted by atomic mass is 10.1. The lowest BCUT2D eigenvalue weighted by Crippen LogP contribution is -2.44. The summed E-state index contributed by atoms with van der Waals surface area (Å²) >= 11 is 0. The molecule has 1 aromatic rings. The van der Waals surface area contributed by atoms with Gasteiger partial charge in [0.05, 0.1) is 17.6 Å². The van der Waals surface area contributed by atoms with Gasteiger partial charge in [-0.15, -0.1) is 0 Å². The van der Waals surface area contributed by atoms with Gasteiger partial charge in [-0.2, -0.15) is 0 Å². The van der Waals surface area contributed by atoms with Crippen LogP contribution in [0.15, 0.2) is 24.3 Å². The molecule has 1 saturated heterocycles. The molecule has 1 aliphatic rings. The molecule has 0 spiro atoms. The van der Waals surface area contributed by atoms with E-state index in [1.165, 1.54) is 6.07 Å². The Morgan fingerprint density at radius 2 is 2.40 bits per heavy atom. The van der Waals surface area contributed by atoms with E-state index in [-0.39, 0.29) is 22.8 Å². The number of ether oxygens (including phenoxy) is 1. The second-order valence-electron chi connectivity index (χ2n) is 5.16. The monoisotopic (exact) mass is 279 g/mol. The van der Waals surface area contributed by atoms with Crippen molar-refractivity contribution < 1.29 is 9.66 Å². The predicted molar refractivity (Wildman–Crippen MR) is 76.8 cm³/mol. The van der Waals surface area contributed by atoms with E-state index in [9.17, 15) is 10.1 Å². The Morgan fingerprint density at radius 1 is 1.60 bits per heavy atom. The molecule has 2 unspecified atom stereocenters. The molecule has 2 rings (SSSR count). The van der Waals surface area contributed by atoms with E-state index in [0.29, 0.717) is 0 Å². The summed E-state index contributed by atoms with van der Waals surface area (Å²) in [4.78, 5) is 12.6. The van der Waals surface area contributed by atoms with Crippen molar-refractivity contribution in [3.8, 4) is 0 Å². The van der Waals surface area contributed by atoms with E-state index in [1.54, 1.807) is 12.1 Å². The minimum absolute atomic E-state index is 0.112. The quantitative estimate of drug-likeness (QED) is 0.654. The lowest BCUT2D eigenvalue weighted by Gasteiger charge is -2.31. The van der Waals surface area contributed by atoms with Crippen molar-refractivity contribution in [3.63, 3.8) is 0 Å². The zero-order valence-corrected chi connectivity index (χ0v) is 11.9. The van der Waals surface area contributed by atoms with E-state index in [2.05, 4.69) is 17.1 Å². The predicted octanol–water partition coefficient (Wildman–Crippen LogP) is 1.58. The van der Waals surface area contributed by atoms with Crippen LogP contribution in [0.5, 0.6) is 0 Å². The van der Waals surface area contributed by atoms with Gasteiger partial charge in [0.15, 0.2) is 0 Å². The molecule has 0 aliphatic carbocycles. The van der Waals surface area contributed by atoms with Gasteiger partial charge in [-0.1, -0.05) is 12.1 Å². The number of nitro groups is 1. The Morgan fingerprint density at radius 3 is 3.05 bits per heavy atom. The first-order valence-corrected chi connectivity index (χ1v) is 6.85. The van der Waals surface area contributed by atoms with Gasteiger partial charge in [0.25, 0.3) is 5.69 Å². The average molecular weight is 279 g/mol. The summed E-state index contributed by atoms with van der Waals surface area (Å²) in [6, 6.07) is 6.93. The lowest BCUT2D eigenvalue weighted by molar-refractivity contribution is -0.384. The molecule has 110 valence electrons. The highest BCUT2D eigenvalue weighted by Gasteiger charge is 2.20. The van der Waals surface area contributed by atoms with E-state index >= 15 is 0 Å². The molecule has 1 N–H and O–H groups in total. The number of nitro benzene ring substituents is 1. The van der Waals surface area contributed by atoms with Crippen molar-refractivity contribution in [2.24, 2.45) is 0 Å². The molecule has 0 aromatic heterocycles. The molecule has 0 amide bonds. The number of hydrogen-bond donors (Lipinski definition) is 1. The number of nitrogens with one attached hydrogen (secondary N) is 1. The van der Waals surface area contributed by atoms with Gasteiger partial charge in [-0.05, 0) is 19.5 Å². The normalized spacial score (nSPS) is 20.9. The first-order chi connectivity index (χ1) is 9.58. The van der Waals surface area contributed by atoms with Crippen LogP contribution in [0.3, 0.4) is 0 Å². The molecular formula is C14H21N3O3. The summed E-state index contributed by atoms with van der Waals surface area (Å²) < 4.78 is 5.68. The van der Waals surface area contributed by atoms with Crippen LogP contribution in [0.1, 0.15) is 18.5 Å². The Kier molecular flexibility index (Phi) is 5.05. The highest BCUT2D eigenvalue weighted by Crippen LogP contribution is 2.23. The van der Waals surface area contributed by atoms with E-state index in [0.717, 1.165) is 31.8 Å². The summed E-state index contributed by atoms with van der Waals surface area (Å²) in [5, 5.41) is 14.1. The Balaban J connectivity index is 2.00. The third-order valence-electron chi connectivity index (χ3n) is 3.72. The van der Waals surface area contributed by atoms with Gasteiger partial charge in [0.2, 0.25) is 0 Å². The minimum atomic E-state index is -0.357. The zero-order valence-electron chi connectivity index (χ0n) is 11.9. The molecule has 0 saturated carbocycles. The summed E-state index contributed by atoms with van der Waals surface area (Å²) in [6.07, 6.45) is 0.176. The molecule has 1 heterocycles. The maximum absolute atomic E-state index is 10.8.